The smallest absolute Gasteiger partial charge is 0.258 e. The van der Waals surface area contributed by atoms with Gasteiger partial charge in [-0.2, -0.15) is 18.4 Å². The molecule has 102 valence electrons. The minimum Gasteiger partial charge on any atom is -0.258 e. The summed E-state index contributed by atoms with van der Waals surface area (Å²) in [4.78, 5) is 7.62. The molecule has 19 heavy (non-hydrogen) atoms. The van der Waals surface area contributed by atoms with Crippen molar-refractivity contribution in [3.8, 4) is 6.07 Å². The maximum Gasteiger partial charge on any atom is 0.424 e. The molecule has 0 aliphatic heterocycles. The molecule has 0 fully saturated rings. The Morgan fingerprint density at radius 1 is 1.37 bits per heavy atom. The minimum absolute atomic E-state index is 0.328. The van der Waals surface area contributed by atoms with Crippen molar-refractivity contribution in [1.82, 2.24) is 0 Å². The summed E-state index contributed by atoms with van der Waals surface area (Å²) in [6, 6.07) is 1.98. The van der Waals surface area contributed by atoms with E-state index in [0.29, 0.717) is 12.1 Å². The second-order valence-corrected chi connectivity index (χ2v) is 5.71. The highest BCUT2D eigenvalue weighted by molar-refractivity contribution is 8.13. The normalized spacial score (nSPS) is 11.9. The molecule has 11 heteroatoms. The van der Waals surface area contributed by atoms with Crippen molar-refractivity contribution in [1.29, 1.82) is 5.26 Å². The van der Waals surface area contributed by atoms with Crippen molar-refractivity contribution in [2.45, 2.75) is 11.1 Å². The van der Waals surface area contributed by atoms with E-state index in [4.69, 9.17) is 15.9 Å². The fourth-order valence-electron chi connectivity index (χ4n) is 1.29. The number of nitro groups is 1. The molecule has 0 spiro atoms. The van der Waals surface area contributed by atoms with Crippen LogP contribution >= 0.6 is 10.7 Å². The van der Waals surface area contributed by atoms with E-state index < -0.39 is 41.9 Å². The molecule has 0 unspecified atom stereocenters. The second kappa shape index (κ2) is 4.67. The Kier molecular flexibility index (Phi) is 3.74. The van der Waals surface area contributed by atoms with Gasteiger partial charge in [-0.1, -0.05) is 0 Å². The molecule has 0 N–H and O–H groups in total. The molecule has 0 aliphatic rings. The van der Waals surface area contributed by atoms with Crippen molar-refractivity contribution in [3.05, 3.63) is 33.4 Å². The number of nitrogens with zero attached hydrogens (tertiary/aromatic N) is 2. The monoisotopic (exact) mass is 314 g/mol. The van der Waals surface area contributed by atoms with Crippen molar-refractivity contribution < 1.29 is 26.5 Å². The van der Waals surface area contributed by atoms with Gasteiger partial charge in [-0.25, -0.2) is 8.42 Å². The first kappa shape index (κ1) is 15.2. The van der Waals surface area contributed by atoms with E-state index in [0.717, 1.165) is 0 Å². The Labute approximate surface area is 108 Å². The number of hydrogen-bond acceptors (Lipinski definition) is 5. The molecule has 0 amide bonds. The molecular formula is C8H2ClF3N2O4S. The van der Waals surface area contributed by atoms with Crippen LogP contribution in [0.25, 0.3) is 0 Å². The van der Waals surface area contributed by atoms with Gasteiger partial charge in [0.1, 0.15) is 4.90 Å². The van der Waals surface area contributed by atoms with Gasteiger partial charge in [0, 0.05) is 16.7 Å². The molecule has 6 nitrogen and oxygen atoms in total. The van der Waals surface area contributed by atoms with Crippen LogP contribution in [-0.2, 0) is 15.2 Å². The topological polar surface area (TPSA) is 101 Å². The summed E-state index contributed by atoms with van der Waals surface area (Å²) in [5.41, 5.74) is -4.18. The lowest BCUT2D eigenvalue weighted by Crippen LogP contribution is -2.14. The number of nitriles is 1. The zero-order valence-electron chi connectivity index (χ0n) is 8.60. The third kappa shape index (κ3) is 3.12. The zero-order chi connectivity index (χ0) is 15.0. The van der Waals surface area contributed by atoms with Crippen LogP contribution in [0, 0.1) is 21.4 Å². The number of hydrogen-bond donors (Lipinski definition) is 0. The van der Waals surface area contributed by atoms with Gasteiger partial charge in [0.25, 0.3) is 14.7 Å². The highest BCUT2D eigenvalue weighted by atomic mass is 35.7. The summed E-state index contributed by atoms with van der Waals surface area (Å²) in [5, 5.41) is 19.1. The molecule has 1 rings (SSSR count). The Balaban J connectivity index is 3.95. The number of rotatable bonds is 2. The van der Waals surface area contributed by atoms with Gasteiger partial charge in [-0.3, -0.25) is 10.1 Å². The van der Waals surface area contributed by atoms with Crippen LogP contribution in [0.5, 0.6) is 0 Å². The van der Waals surface area contributed by atoms with Crippen molar-refractivity contribution >= 4 is 25.4 Å². The lowest BCUT2D eigenvalue weighted by atomic mass is 10.1. The summed E-state index contributed by atoms with van der Waals surface area (Å²) in [6.07, 6.45) is -5.31. The number of benzene rings is 1. The van der Waals surface area contributed by atoms with E-state index in [2.05, 4.69) is 0 Å². The summed E-state index contributed by atoms with van der Waals surface area (Å²) in [7, 11) is -0.0930. The molecular weight excluding hydrogens is 313 g/mol. The zero-order valence-corrected chi connectivity index (χ0v) is 10.2. The van der Waals surface area contributed by atoms with Crippen LogP contribution in [0.3, 0.4) is 0 Å². The lowest BCUT2D eigenvalue weighted by molar-refractivity contribution is -0.388. The minimum atomic E-state index is -5.31. The van der Waals surface area contributed by atoms with Gasteiger partial charge in [0.15, 0.2) is 5.56 Å². The summed E-state index contributed by atoms with van der Waals surface area (Å²) < 4.78 is 60.3. The van der Waals surface area contributed by atoms with Crippen LogP contribution < -0.4 is 0 Å². The van der Waals surface area contributed by atoms with Crippen LogP contribution in [0.4, 0.5) is 18.9 Å². The van der Waals surface area contributed by atoms with Gasteiger partial charge >= 0.3 is 6.18 Å². The molecule has 0 aromatic heterocycles. The molecule has 0 saturated heterocycles. The third-order valence-corrected chi connectivity index (χ3v) is 3.30. The van der Waals surface area contributed by atoms with E-state index in [1.807, 2.05) is 0 Å². The highest BCUT2D eigenvalue weighted by Crippen LogP contribution is 2.41. The van der Waals surface area contributed by atoms with E-state index in [1.165, 1.54) is 6.07 Å². The molecule has 1 aromatic rings. The number of alkyl halides is 3. The quantitative estimate of drug-likeness (QED) is 0.474. The molecule has 0 heterocycles. The van der Waals surface area contributed by atoms with Crippen molar-refractivity contribution in [2.75, 3.05) is 0 Å². The Bertz CT molecular complexity index is 693. The molecule has 0 bridgehead atoms. The van der Waals surface area contributed by atoms with Gasteiger partial charge in [0.2, 0.25) is 0 Å². The average Bonchev–Trinajstić information content (AvgIpc) is 2.24. The largest absolute Gasteiger partial charge is 0.424 e. The fraction of sp³-hybridized carbons (Fsp3) is 0.125. The molecule has 0 atom stereocenters. The van der Waals surface area contributed by atoms with E-state index in [9.17, 15) is 31.7 Å². The average molecular weight is 315 g/mol. The standard InChI is InChI=1S/C8H2ClF3N2O4S/c9-19(17,18)6-2-4(3-13)1-5(14(15)16)7(6)8(10,11)12/h1-2H. The Hall–Kier alpha value is -1.86. The first-order valence-corrected chi connectivity index (χ1v) is 6.54. The van der Waals surface area contributed by atoms with Crippen molar-refractivity contribution in [2.24, 2.45) is 0 Å². The first-order valence-electron chi connectivity index (χ1n) is 4.23. The van der Waals surface area contributed by atoms with Gasteiger partial charge in [-0.15, -0.1) is 0 Å². The first-order chi connectivity index (χ1) is 8.48. The third-order valence-electron chi connectivity index (χ3n) is 1.95. The highest BCUT2D eigenvalue weighted by Gasteiger charge is 2.44. The maximum absolute atomic E-state index is 12.7. The van der Waals surface area contributed by atoms with E-state index in [-0.39, 0.29) is 0 Å². The molecule has 1 aromatic carbocycles. The SMILES string of the molecule is N#Cc1cc([N+](=O)[O-])c(C(F)(F)F)c(S(=O)(=O)Cl)c1. The number of nitro benzene ring substituents is 1. The van der Waals surface area contributed by atoms with Crippen LogP contribution in [-0.4, -0.2) is 13.3 Å². The Morgan fingerprint density at radius 2 is 1.89 bits per heavy atom. The number of halogens is 4. The van der Waals surface area contributed by atoms with E-state index >= 15 is 0 Å². The predicted molar refractivity (Wildman–Crippen MR) is 55.9 cm³/mol. The van der Waals surface area contributed by atoms with Crippen LogP contribution in [0.1, 0.15) is 11.1 Å². The molecule has 0 aliphatic carbocycles. The van der Waals surface area contributed by atoms with Crippen LogP contribution in [0.2, 0.25) is 0 Å². The predicted octanol–water partition coefficient (Wildman–Crippen LogP) is 2.41. The van der Waals surface area contributed by atoms with Crippen molar-refractivity contribution in [3.63, 3.8) is 0 Å². The second-order valence-electron chi connectivity index (χ2n) is 3.17. The van der Waals surface area contributed by atoms with Gasteiger partial charge in [-0.05, 0) is 6.07 Å². The maximum atomic E-state index is 12.7. The molecule has 0 saturated carbocycles. The van der Waals surface area contributed by atoms with Gasteiger partial charge in [0.05, 0.1) is 16.6 Å². The van der Waals surface area contributed by atoms with E-state index in [1.54, 1.807) is 0 Å². The summed E-state index contributed by atoms with van der Waals surface area (Å²) in [6.45, 7) is 0. The van der Waals surface area contributed by atoms with Gasteiger partial charge < -0.3 is 0 Å². The molecule has 0 radical (unpaired) electrons. The fourth-order valence-corrected chi connectivity index (χ4v) is 2.38. The van der Waals surface area contributed by atoms with Crippen LogP contribution in [0.15, 0.2) is 17.0 Å². The lowest BCUT2D eigenvalue weighted by Gasteiger charge is -2.11. The Morgan fingerprint density at radius 3 is 2.21 bits per heavy atom. The summed E-state index contributed by atoms with van der Waals surface area (Å²) in [5.74, 6) is 0. The summed E-state index contributed by atoms with van der Waals surface area (Å²) >= 11 is 0.